The smallest absolute Gasteiger partial charge is 0.0778 e. The van der Waals surface area contributed by atoms with Crippen molar-refractivity contribution in [3.63, 3.8) is 0 Å². The Hall–Kier alpha value is 0.270. The summed E-state index contributed by atoms with van der Waals surface area (Å²) in [7, 11) is 0. The molecule has 16 heavy (non-hydrogen) atoms. The molecular weight excluding hydrogens is 220 g/mol. The van der Waals surface area contributed by atoms with E-state index in [9.17, 15) is 5.11 Å². The van der Waals surface area contributed by atoms with Gasteiger partial charge in [-0.15, -0.1) is 0 Å². The fourth-order valence-corrected chi connectivity index (χ4v) is 4.93. The zero-order valence-corrected chi connectivity index (χ0v) is 10.9. The summed E-state index contributed by atoms with van der Waals surface area (Å²) in [4.78, 5) is 0. The summed E-state index contributed by atoms with van der Waals surface area (Å²) in [5.41, 5.74) is -0.217. The highest BCUT2D eigenvalue weighted by atomic mass is 32.2. The van der Waals surface area contributed by atoms with Gasteiger partial charge in [0.05, 0.1) is 11.2 Å². The highest BCUT2D eigenvalue weighted by Crippen LogP contribution is 2.50. The predicted octanol–water partition coefficient (Wildman–Crippen LogP) is 2.59. The summed E-state index contributed by atoms with van der Waals surface area (Å²) < 4.78 is 5.95. The van der Waals surface area contributed by atoms with Gasteiger partial charge in [-0.05, 0) is 44.4 Å². The van der Waals surface area contributed by atoms with E-state index in [1.54, 1.807) is 0 Å². The van der Waals surface area contributed by atoms with Gasteiger partial charge in [-0.2, -0.15) is 11.8 Å². The van der Waals surface area contributed by atoms with Crippen LogP contribution >= 0.6 is 11.8 Å². The number of hydrogen-bond acceptors (Lipinski definition) is 3. The third-order valence-electron chi connectivity index (χ3n) is 4.78. The highest BCUT2D eigenvalue weighted by Gasteiger charge is 2.50. The zero-order valence-electron chi connectivity index (χ0n) is 10.1. The summed E-state index contributed by atoms with van der Waals surface area (Å²) in [6, 6.07) is 0. The van der Waals surface area contributed by atoms with Gasteiger partial charge in [0.1, 0.15) is 0 Å². The highest BCUT2D eigenvalue weighted by molar-refractivity contribution is 8.00. The lowest BCUT2D eigenvalue weighted by molar-refractivity contribution is -0.171. The van der Waals surface area contributed by atoms with Crippen LogP contribution in [0.4, 0.5) is 0 Å². The van der Waals surface area contributed by atoms with Crippen LogP contribution in [0.15, 0.2) is 0 Å². The summed E-state index contributed by atoms with van der Waals surface area (Å²) in [5, 5.41) is 11.4. The molecule has 3 unspecified atom stereocenters. The van der Waals surface area contributed by atoms with Gasteiger partial charge in [-0.3, -0.25) is 0 Å². The first kappa shape index (κ1) is 11.4. The van der Waals surface area contributed by atoms with Crippen molar-refractivity contribution in [3.05, 3.63) is 0 Å². The van der Waals surface area contributed by atoms with Crippen LogP contribution in [0.1, 0.15) is 45.4 Å². The lowest BCUT2D eigenvalue weighted by Crippen LogP contribution is -2.51. The molecule has 2 aliphatic heterocycles. The maximum Gasteiger partial charge on any atom is 0.0778 e. The van der Waals surface area contributed by atoms with Gasteiger partial charge in [-0.25, -0.2) is 0 Å². The third-order valence-corrected chi connectivity index (χ3v) is 6.18. The lowest BCUT2D eigenvalue weighted by atomic mass is 9.67. The molecule has 2 heterocycles. The Morgan fingerprint density at radius 3 is 2.69 bits per heavy atom. The number of thioether (sulfide) groups is 1. The molecule has 1 N–H and O–H groups in total. The molecule has 0 aromatic heterocycles. The van der Waals surface area contributed by atoms with E-state index < -0.39 is 5.60 Å². The quantitative estimate of drug-likeness (QED) is 0.766. The average molecular weight is 242 g/mol. The predicted molar refractivity (Wildman–Crippen MR) is 66.7 cm³/mol. The molecular formula is C13H22O2S. The van der Waals surface area contributed by atoms with Crippen LogP contribution in [0.2, 0.25) is 0 Å². The molecule has 0 aromatic rings. The van der Waals surface area contributed by atoms with Crippen LogP contribution in [0.3, 0.4) is 0 Å². The van der Waals surface area contributed by atoms with E-state index in [-0.39, 0.29) is 5.60 Å². The Morgan fingerprint density at radius 2 is 2.12 bits per heavy atom. The van der Waals surface area contributed by atoms with Crippen molar-refractivity contribution in [1.82, 2.24) is 0 Å². The van der Waals surface area contributed by atoms with Crippen LogP contribution in [0.25, 0.3) is 0 Å². The van der Waals surface area contributed by atoms with E-state index >= 15 is 0 Å². The second kappa shape index (κ2) is 3.89. The Bertz CT molecular complexity index is 277. The van der Waals surface area contributed by atoms with Crippen molar-refractivity contribution in [2.75, 3.05) is 12.4 Å². The van der Waals surface area contributed by atoms with Crippen LogP contribution in [0.5, 0.6) is 0 Å². The first-order chi connectivity index (χ1) is 7.62. The summed E-state index contributed by atoms with van der Waals surface area (Å²) in [5.74, 6) is 1.42. The molecule has 0 bridgehead atoms. The minimum absolute atomic E-state index is 0.176. The minimum Gasteiger partial charge on any atom is -0.389 e. The molecule has 2 nitrogen and oxygen atoms in total. The maximum absolute atomic E-state index is 10.8. The van der Waals surface area contributed by atoms with Crippen molar-refractivity contribution in [2.24, 2.45) is 5.92 Å². The van der Waals surface area contributed by atoms with Crippen LogP contribution in [0, 0.1) is 5.92 Å². The Morgan fingerprint density at radius 1 is 1.31 bits per heavy atom. The zero-order chi connectivity index (χ0) is 11.2. The van der Waals surface area contributed by atoms with E-state index in [0.29, 0.717) is 11.2 Å². The molecule has 0 aromatic carbocycles. The van der Waals surface area contributed by atoms with Crippen LogP contribution < -0.4 is 0 Å². The maximum atomic E-state index is 10.8. The first-order valence-corrected chi connectivity index (χ1v) is 7.65. The van der Waals surface area contributed by atoms with Crippen molar-refractivity contribution in [1.29, 1.82) is 0 Å². The van der Waals surface area contributed by atoms with Gasteiger partial charge >= 0.3 is 0 Å². The summed E-state index contributed by atoms with van der Waals surface area (Å²) in [6.45, 7) is 3.10. The van der Waals surface area contributed by atoms with Crippen LogP contribution in [-0.2, 0) is 4.74 Å². The van der Waals surface area contributed by atoms with E-state index in [1.165, 1.54) is 19.3 Å². The Kier molecular flexibility index (Phi) is 2.76. The minimum atomic E-state index is -0.392. The average Bonchev–Trinajstić information content (AvgIpc) is 2.58. The number of aliphatic hydroxyl groups is 1. The first-order valence-electron chi connectivity index (χ1n) is 6.60. The molecule has 1 saturated carbocycles. The van der Waals surface area contributed by atoms with Gasteiger partial charge in [0.2, 0.25) is 0 Å². The Labute approximate surface area is 102 Å². The normalized spacial score (nSPS) is 46.9. The standard InChI is InChI=1S/C13H22O2S/c1-10-7-13(14,9-16-10)11-3-6-15-12(8-11)4-2-5-12/h10-11,14H,2-9H2,1H3. The lowest BCUT2D eigenvalue weighted by Gasteiger charge is -2.50. The summed E-state index contributed by atoms with van der Waals surface area (Å²) >= 11 is 1.93. The fraction of sp³-hybridized carbons (Fsp3) is 1.00. The van der Waals surface area contributed by atoms with E-state index in [4.69, 9.17) is 4.74 Å². The molecule has 3 atom stereocenters. The SMILES string of the molecule is CC1CC(O)(C2CCOC3(CCC3)C2)CS1. The molecule has 3 fully saturated rings. The number of ether oxygens (including phenoxy) is 1. The van der Waals surface area contributed by atoms with E-state index in [2.05, 4.69) is 6.92 Å². The monoisotopic (exact) mass is 242 g/mol. The van der Waals surface area contributed by atoms with Gasteiger partial charge in [0.15, 0.2) is 0 Å². The molecule has 0 radical (unpaired) electrons. The van der Waals surface area contributed by atoms with Crippen molar-refractivity contribution >= 4 is 11.8 Å². The second-order valence-corrected chi connectivity index (χ2v) is 7.43. The van der Waals surface area contributed by atoms with Crippen LogP contribution in [-0.4, -0.2) is 33.9 Å². The van der Waals surface area contributed by atoms with Crippen molar-refractivity contribution < 1.29 is 9.84 Å². The molecule has 1 aliphatic carbocycles. The summed E-state index contributed by atoms with van der Waals surface area (Å²) in [6.07, 6.45) is 6.92. The van der Waals surface area contributed by atoms with Crippen molar-refractivity contribution in [3.8, 4) is 0 Å². The second-order valence-electron chi connectivity index (χ2n) is 6.00. The molecule has 0 amide bonds. The van der Waals surface area contributed by atoms with Gasteiger partial charge in [0, 0.05) is 17.6 Å². The van der Waals surface area contributed by atoms with E-state index in [0.717, 1.165) is 31.6 Å². The molecule has 3 heteroatoms. The van der Waals surface area contributed by atoms with Gasteiger partial charge < -0.3 is 9.84 Å². The molecule has 92 valence electrons. The largest absolute Gasteiger partial charge is 0.389 e. The Balaban J connectivity index is 1.70. The molecule has 3 rings (SSSR count). The van der Waals surface area contributed by atoms with Gasteiger partial charge in [0.25, 0.3) is 0 Å². The van der Waals surface area contributed by atoms with E-state index in [1.807, 2.05) is 11.8 Å². The van der Waals surface area contributed by atoms with Crippen molar-refractivity contribution in [2.45, 2.75) is 61.9 Å². The number of rotatable bonds is 1. The topological polar surface area (TPSA) is 29.5 Å². The third kappa shape index (κ3) is 1.81. The molecule has 2 saturated heterocycles. The van der Waals surface area contributed by atoms with Gasteiger partial charge in [-0.1, -0.05) is 6.92 Å². The molecule has 3 aliphatic rings. The molecule has 1 spiro atoms. The number of hydrogen-bond donors (Lipinski definition) is 1. The fourth-order valence-electron chi connectivity index (χ4n) is 3.59.